The first-order chi connectivity index (χ1) is 11.8. The first-order valence-corrected chi connectivity index (χ1v) is 8.67. The number of hydrogen-bond acceptors (Lipinski definition) is 6. The van der Waals surface area contributed by atoms with Crippen molar-refractivity contribution in [3.05, 3.63) is 42.7 Å². The average molecular weight is 345 g/mol. The van der Waals surface area contributed by atoms with Gasteiger partial charge in [0.1, 0.15) is 0 Å². The summed E-state index contributed by atoms with van der Waals surface area (Å²) in [6, 6.07) is 11.3. The molecule has 24 heavy (non-hydrogen) atoms. The normalized spacial score (nSPS) is 10.8. The predicted molar refractivity (Wildman–Crippen MR) is 92.6 cm³/mol. The molecule has 1 aromatic carbocycles. The number of thioether (sulfide) groups is 1. The van der Waals surface area contributed by atoms with Crippen molar-refractivity contribution in [3.8, 4) is 23.1 Å². The van der Waals surface area contributed by atoms with Crippen molar-refractivity contribution in [1.29, 1.82) is 0 Å². The third-order valence-corrected chi connectivity index (χ3v) is 4.35. The molecule has 0 atom stereocenters. The quantitative estimate of drug-likeness (QED) is 0.458. The number of aromatic nitrogens is 3. The van der Waals surface area contributed by atoms with Crippen LogP contribution >= 0.6 is 11.8 Å². The fourth-order valence-corrected chi connectivity index (χ4v) is 3.11. The number of methoxy groups -OCH3 is 1. The summed E-state index contributed by atoms with van der Waals surface area (Å²) in [7, 11) is 1.64. The minimum Gasteiger partial charge on any atom is -0.493 e. The summed E-state index contributed by atoms with van der Waals surface area (Å²) < 4.78 is 18.5. The van der Waals surface area contributed by atoms with Gasteiger partial charge in [-0.2, -0.15) is 0 Å². The summed E-state index contributed by atoms with van der Waals surface area (Å²) in [5, 5.41) is 9.34. The molecule has 2 heterocycles. The van der Waals surface area contributed by atoms with Gasteiger partial charge in [0.25, 0.3) is 0 Å². The van der Waals surface area contributed by atoms with Gasteiger partial charge in [0.05, 0.1) is 20.0 Å². The van der Waals surface area contributed by atoms with E-state index in [9.17, 15) is 0 Å². The smallest absolute Gasteiger partial charge is 0.200 e. The standard InChI is InChI=1S/C17H19N3O3S/c1-3-20-16(15-9-6-10-22-15)18-19-17(20)24-12-11-23-14-8-5-4-7-13(14)21-2/h4-10H,3,11-12H2,1-2H3. The molecular weight excluding hydrogens is 326 g/mol. The van der Waals surface area contributed by atoms with Crippen molar-refractivity contribution >= 4 is 11.8 Å². The minimum atomic E-state index is 0.553. The fraction of sp³-hybridized carbons (Fsp3) is 0.294. The van der Waals surface area contributed by atoms with E-state index in [-0.39, 0.29) is 0 Å². The minimum absolute atomic E-state index is 0.553. The van der Waals surface area contributed by atoms with Crippen molar-refractivity contribution in [2.45, 2.75) is 18.6 Å². The van der Waals surface area contributed by atoms with Crippen LogP contribution in [0.3, 0.4) is 0 Å². The van der Waals surface area contributed by atoms with Crippen LogP contribution in [0.4, 0.5) is 0 Å². The van der Waals surface area contributed by atoms with E-state index in [4.69, 9.17) is 13.9 Å². The van der Waals surface area contributed by atoms with E-state index in [1.165, 1.54) is 0 Å². The Hall–Kier alpha value is -2.41. The van der Waals surface area contributed by atoms with Gasteiger partial charge in [-0.3, -0.25) is 4.57 Å². The summed E-state index contributed by atoms with van der Waals surface area (Å²) in [5.74, 6) is 3.71. The van der Waals surface area contributed by atoms with E-state index in [1.807, 2.05) is 41.0 Å². The Morgan fingerprint density at radius 2 is 1.96 bits per heavy atom. The molecular formula is C17H19N3O3S. The van der Waals surface area contributed by atoms with Crippen LogP contribution in [-0.4, -0.2) is 34.2 Å². The maximum Gasteiger partial charge on any atom is 0.200 e. The molecule has 0 bridgehead atoms. The molecule has 0 radical (unpaired) electrons. The van der Waals surface area contributed by atoms with Gasteiger partial charge >= 0.3 is 0 Å². The lowest BCUT2D eigenvalue weighted by molar-refractivity contribution is 0.313. The Balaban J connectivity index is 1.59. The highest BCUT2D eigenvalue weighted by Crippen LogP contribution is 2.27. The van der Waals surface area contributed by atoms with Gasteiger partial charge in [0.2, 0.25) is 0 Å². The van der Waals surface area contributed by atoms with E-state index in [2.05, 4.69) is 17.1 Å². The van der Waals surface area contributed by atoms with Crippen LogP contribution in [0.15, 0.2) is 52.2 Å². The Bertz CT molecular complexity index is 771. The maximum atomic E-state index is 5.78. The second kappa shape index (κ2) is 7.92. The lowest BCUT2D eigenvalue weighted by Gasteiger charge is -2.10. The third-order valence-electron chi connectivity index (χ3n) is 3.42. The van der Waals surface area contributed by atoms with Gasteiger partial charge in [-0.05, 0) is 31.2 Å². The summed E-state index contributed by atoms with van der Waals surface area (Å²) in [6.45, 7) is 3.39. The highest BCUT2D eigenvalue weighted by Gasteiger charge is 2.15. The highest BCUT2D eigenvalue weighted by atomic mass is 32.2. The Morgan fingerprint density at radius 3 is 2.67 bits per heavy atom. The second-order valence-corrected chi connectivity index (χ2v) is 5.94. The van der Waals surface area contributed by atoms with Crippen molar-refractivity contribution in [1.82, 2.24) is 14.8 Å². The fourth-order valence-electron chi connectivity index (χ4n) is 2.29. The van der Waals surface area contributed by atoms with Crippen molar-refractivity contribution in [3.63, 3.8) is 0 Å². The molecule has 0 aliphatic heterocycles. The molecule has 3 aromatic rings. The zero-order chi connectivity index (χ0) is 16.8. The third kappa shape index (κ3) is 3.56. The number of hydrogen-bond donors (Lipinski definition) is 0. The van der Waals surface area contributed by atoms with E-state index in [0.29, 0.717) is 6.61 Å². The molecule has 2 aromatic heterocycles. The van der Waals surface area contributed by atoms with Crippen LogP contribution in [0.2, 0.25) is 0 Å². The van der Waals surface area contributed by atoms with Gasteiger partial charge in [0, 0.05) is 12.3 Å². The number of benzene rings is 1. The van der Waals surface area contributed by atoms with Crippen LogP contribution in [0, 0.1) is 0 Å². The maximum absolute atomic E-state index is 5.78. The topological polar surface area (TPSA) is 62.3 Å². The number of ether oxygens (including phenoxy) is 2. The zero-order valence-corrected chi connectivity index (χ0v) is 14.5. The summed E-state index contributed by atoms with van der Waals surface area (Å²) in [5.41, 5.74) is 0. The van der Waals surface area contributed by atoms with E-state index in [1.54, 1.807) is 25.1 Å². The Morgan fingerprint density at radius 1 is 1.12 bits per heavy atom. The molecule has 3 rings (SSSR count). The first-order valence-electron chi connectivity index (χ1n) is 7.69. The monoisotopic (exact) mass is 345 g/mol. The van der Waals surface area contributed by atoms with Crippen molar-refractivity contribution in [2.24, 2.45) is 0 Å². The molecule has 0 saturated heterocycles. The molecule has 0 unspecified atom stereocenters. The Kier molecular flexibility index (Phi) is 5.43. The average Bonchev–Trinajstić information content (AvgIpc) is 3.28. The molecule has 126 valence electrons. The zero-order valence-electron chi connectivity index (χ0n) is 13.6. The van der Waals surface area contributed by atoms with Crippen LogP contribution < -0.4 is 9.47 Å². The number of nitrogens with zero attached hydrogens (tertiary/aromatic N) is 3. The lowest BCUT2D eigenvalue weighted by atomic mass is 10.3. The lowest BCUT2D eigenvalue weighted by Crippen LogP contribution is -2.04. The van der Waals surface area contributed by atoms with Gasteiger partial charge < -0.3 is 13.9 Å². The molecule has 0 aliphatic carbocycles. The molecule has 0 saturated carbocycles. The van der Waals surface area contributed by atoms with Crippen LogP contribution in [0.5, 0.6) is 11.5 Å². The number of para-hydroxylation sites is 2. The SMILES string of the molecule is CCn1c(SCCOc2ccccc2OC)nnc1-c1ccco1. The van der Waals surface area contributed by atoms with E-state index < -0.39 is 0 Å². The molecule has 0 N–H and O–H groups in total. The second-order valence-electron chi connectivity index (χ2n) is 4.88. The van der Waals surface area contributed by atoms with E-state index >= 15 is 0 Å². The molecule has 0 spiro atoms. The molecule has 0 fully saturated rings. The molecule has 6 nitrogen and oxygen atoms in total. The van der Waals surface area contributed by atoms with E-state index in [0.717, 1.165) is 40.5 Å². The summed E-state index contributed by atoms with van der Waals surface area (Å²) in [4.78, 5) is 0. The van der Waals surface area contributed by atoms with Gasteiger partial charge in [-0.25, -0.2) is 0 Å². The molecule has 0 amide bonds. The highest BCUT2D eigenvalue weighted by molar-refractivity contribution is 7.99. The van der Waals surface area contributed by atoms with Crippen LogP contribution in [-0.2, 0) is 6.54 Å². The number of rotatable bonds is 8. The first kappa shape index (κ1) is 16.4. The van der Waals surface area contributed by atoms with Crippen molar-refractivity contribution in [2.75, 3.05) is 19.5 Å². The van der Waals surface area contributed by atoms with Gasteiger partial charge in [-0.15, -0.1) is 10.2 Å². The largest absolute Gasteiger partial charge is 0.493 e. The Labute approximate surface area is 144 Å². The van der Waals surface area contributed by atoms with Crippen LogP contribution in [0.1, 0.15) is 6.92 Å². The van der Waals surface area contributed by atoms with Crippen molar-refractivity contribution < 1.29 is 13.9 Å². The molecule has 0 aliphatic rings. The summed E-state index contributed by atoms with van der Waals surface area (Å²) in [6.07, 6.45) is 1.64. The molecule has 7 heteroatoms. The number of furan rings is 1. The van der Waals surface area contributed by atoms with Crippen LogP contribution in [0.25, 0.3) is 11.6 Å². The summed E-state index contributed by atoms with van der Waals surface area (Å²) >= 11 is 1.60. The predicted octanol–water partition coefficient (Wildman–Crippen LogP) is 3.74. The van der Waals surface area contributed by atoms with Gasteiger partial charge in [-0.1, -0.05) is 23.9 Å². The van der Waals surface area contributed by atoms with Gasteiger partial charge in [0.15, 0.2) is 28.2 Å².